The summed E-state index contributed by atoms with van der Waals surface area (Å²) in [7, 11) is -2.33. The van der Waals surface area contributed by atoms with Gasteiger partial charge in [0.1, 0.15) is 18.1 Å². The van der Waals surface area contributed by atoms with Crippen LogP contribution in [0.15, 0.2) is 71.9 Å². The van der Waals surface area contributed by atoms with E-state index in [-0.39, 0.29) is 17.4 Å². The average Bonchev–Trinajstić information content (AvgIpc) is 3.04. The van der Waals surface area contributed by atoms with Crippen LogP contribution in [-0.2, 0) is 21.2 Å². The Morgan fingerprint density at radius 2 is 1.82 bits per heavy atom. The second-order valence-corrected chi connectivity index (χ2v) is 10.8. The Hall–Kier alpha value is -4.55. The van der Waals surface area contributed by atoms with E-state index < -0.39 is 22.5 Å². The first kappa shape index (κ1) is 27.0. The number of hydrogen-bond acceptors (Lipinski definition) is 8. The highest BCUT2D eigenvalue weighted by Gasteiger charge is 2.30. The fourth-order valence-corrected chi connectivity index (χ4v) is 5.86. The highest BCUT2D eigenvalue weighted by molar-refractivity contribution is 7.89. The lowest BCUT2D eigenvalue weighted by molar-refractivity contribution is -0.135. The predicted octanol–water partition coefficient (Wildman–Crippen LogP) is 3.36. The summed E-state index contributed by atoms with van der Waals surface area (Å²) in [6.45, 7) is 2.08. The topological polar surface area (TPSA) is 142 Å². The van der Waals surface area contributed by atoms with E-state index in [9.17, 15) is 18.0 Å². The summed E-state index contributed by atoms with van der Waals surface area (Å²) in [6.07, 6.45) is 3.85. The number of anilines is 3. The number of amides is 1. The molecule has 0 fully saturated rings. The van der Waals surface area contributed by atoms with Crippen LogP contribution in [0.2, 0.25) is 0 Å². The van der Waals surface area contributed by atoms with Crippen molar-refractivity contribution in [2.45, 2.75) is 18.2 Å². The molecule has 0 saturated carbocycles. The minimum absolute atomic E-state index is 0.0368. The lowest BCUT2D eigenvalue weighted by Gasteiger charge is -2.22. The third-order valence-corrected chi connectivity index (χ3v) is 8.07. The molecule has 0 atom stereocenters. The van der Waals surface area contributed by atoms with Gasteiger partial charge in [-0.15, -0.1) is 0 Å². The molecule has 0 aliphatic carbocycles. The molecule has 206 valence electrons. The number of aromatic nitrogens is 2. The molecule has 1 aliphatic heterocycles. The van der Waals surface area contributed by atoms with Crippen molar-refractivity contribution in [2.75, 3.05) is 36.5 Å². The summed E-state index contributed by atoms with van der Waals surface area (Å²) in [5, 5.41) is 9.85. The van der Waals surface area contributed by atoms with Gasteiger partial charge in [-0.2, -0.15) is 4.72 Å². The molecule has 11 nitrogen and oxygen atoms in total. The van der Waals surface area contributed by atoms with Crippen molar-refractivity contribution in [1.29, 1.82) is 0 Å². The molecule has 4 aromatic rings. The summed E-state index contributed by atoms with van der Waals surface area (Å²) in [6, 6.07) is 15.3. The van der Waals surface area contributed by atoms with Crippen molar-refractivity contribution < 1.29 is 27.9 Å². The third kappa shape index (κ3) is 5.06. The quantitative estimate of drug-likeness (QED) is 0.315. The molecule has 12 heteroatoms. The van der Waals surface area contributed by atoms with Crippen molar-refractivity contribution in [3.63, 3.8) is 0 Å². The SMILES string of the molecule is CCN1c2ncc(CCOc3ccc(S(=O)(=O)NCC(=O)O)c4ccccc34)cc2C(=O)N(C)c2cccnc21. The molecule has 1 amide bonds. The van der Waals surface area contributed by atoms with Gasteiger partial charge in [0.15, 0.2) is 5.82 Å². The molecule has 0 bridgehead atoms. The zero-order valence-corrected chi connectivity index (χ0v) is 22.7. The molecule has 0 radical (unpaired) electrons. The van der Waals surface area contributed by atoms with E-state index in [1.807, 2.05) is 24.0 Å². The van der Waals surface area contributed by atoms with Gasteiger partial charge in [-0.3, -0.25) is 9.59 Å². The summed E-state index contributed by atoms with van der Waals surface area (Å²) >= 11 is 0. The largest absolute Gasteiger partial charge is 0.493 e. The normalized spacial score (nSPS) is 13.1. The minimum Gasteiger partial charge on any atom is -0.493 e. The Morgan fingerprint density at radius 1 is 1.05 bits per heavy atom. The van der Waals surface area contributed by atoms with Crippen molar-refractivity contribution in [3.05, 3.63) is 78.1 Å². The molecule has 2 N–H and O–H groups in total. The molecular weight excluding hydrogens is 534 g/mol. The molecule has 40 heavy (non-hydrogen) atoms. The first-order valence-corrected chi connectivity index (χ1v) is 14.0. The van der Waals surface area contributed by atoms with E-state index in [0.717, 1.165) is 5.56 Å². The van der Waals surface area contributed by atoms with Crippen LogP contribution in [0.3, 0.4) is 0 Å². The second kappa shape index (κ2) is 10.9. The van der Waals surface area contributed by atoms with Crippen LogP contribution in [0.1, 0.15) is 22.8 Å². The Balaban J connectivity index is 1.38. The number of carbonyl (C=O) groups excluding carboxylic acids is 1. The number of fused-ring (bicyclic) bond motifs is 3. The Labute approximate surface area is 231 Å². The molecule has 0 spiro atoms. The van der Waals surface area contributed by atoms with Gasteiger partial charge in [0, 0.05) is 43.2 Å². The number of carboxylic acids is 1. The van der Waals surface area contributed by atoms with Crippen LogP contribution >= 0.6 is 0 Å². The Kier molecular flexibility index (Phi) is 7.37. The smallest absolute Gasteiger partial charge is 0.318 e. The number of nitrogens with zero attached hydrogens (tertiary/aromatic N) is 4. The first-order chi connectivity index (χ1) is 19.2. The van der Waals surface area contributed by atoms with Gasteiger partial charge in [-0.1, -0.05) is 24.3 Å². The summed E-state index contributed by atoms with van der Waals surface area (Å²) in [5.41, 5.74) is 1.97. The van der Waals surface area contributed by atoms with E-state index in [1.54, 1.807) is 60.7 Å². The average molecular weight is 562 g/mol. The highest BCUT2D eigenvalue weighted by atomic mass is 32.2. The lowest BCUT2D eigenvalue weighted by Crippen LogP contribution is -2.29. The van der Waals surface area contributed by atoms with Gasteiger partial charge in [0.25, 0.3) is 5.91 Å². The molecule has 2 aromatic carbocycles. The van der Waals surface area contributed by atoms with Crippen LogP contribution in [0, 0.1) is 0 Å². The summed E-state index contributed by atoms with van der Waals surface area (Å²) in [4.78, 5) is 36.8. The number of benzene rings is 2. The number of carbonyl (C=O) groups is 2. The number of aliphatic carboxylic acids is 1. The number of rotatable bonds is 9. The van der Waals surface area contributed by atoms with Gasteiger partial charge < -0.3 is 19.6 Å². The van der Waals surface area contributed by atoms with Crippen molar-refractivity contribution in [1.82, 2.24) is 14.7 Å². The second-order valence-electron chi connectivity index (χ2n) is 9.09. The molecular formula is C28H27N5O6S. The van der Waals surface area contributed by atoms with Crippen LogP contribution < -0.4 is 19.3 Å². The molecule has 1 aliphatic rings. The number of nitrogens with one attached hydrogen (secondary N) is 1. The molecule has 0 saturated heterocycles. The van der Waals surface area contributed by atoms with Gasteiger partial charge >= 0.3 is 5.97 Å². The van der Waals surface area contributed by atoms with E-state index in [4.69, 9.17) is 9.84 Å². The zero-order chi connectivity index (χ0) is 28.4. The van der Waals surface area contributed by atoms with Crippen molar-refractivity contribution in [3.8, 4) is 5.75 Å². The van der Waals surface area contributed by atoms with Crippen LogP contribution in [-0.4, -0.2) is 62.1 Å². The summed E-state index contributed by atoms with van der Waals surface area (Å²) in [5.74, 6) is 0.219. The van der Waals surface area contributed by atoms with E-state index in [1.165, 1.54) is 6.07 Å². The number of sulfonamides is 1. The Morgan fingerprint density at radius 3 is 2.58 bits per heavy atom. The number of carboxylic acid groups (broad SMARTS) is 1. The van der Waals surface area contributed by atoms with Crippen LogP contribution in [0.5, 0.6) is 5.75 Å². The standard InChI is InChI=1S/C28H27N5O6S/c1-3-33-26-21(28(36)32(2)22-9-6-13-29-27(22)33)15-18(16-30-26)12-14-39-23-10-11-24(20-8-5-4-7-19(20)23)40(37,38)31-17-25(34)35/h4-11,13,15-16,31H,3,12,14,17H2,1-2H3,(H,34,35). The van der Waals surface area contributed by atoms with Crippen molar-refractivity contribution >= 4 is 50.0 Å². The maximum absolute atomic E-state index is 13.4. The van der Waals surface area contributed by atoms with E-state index in [0.29, 0.717) is 52.4 Å². The first-order valence-electron chi connectivity index (χ1n) is 12.6. The van der Waals surface area contributed by atoms with E-state index in [2.05, 4.69) is 14.7 Å². The Bertz CT molecular complexity index is 1730. The van der Waals surface area contributed by atoms with Gasteiger partial charge in [-0.05, 0) is 42.8 Å². The highest BCUT2D eigenvalue weighted by Crippen LogP contribution is 2.37. The molecule has 2 aromatic heterocycles. The van der Waals surface area contributed by atoms with Crippen LogP contribution in [0.4, 0.5) is 17.3 Å². The summed E-state index contributed by atoms with van der Waals surface area (Å²) < 4.78 is 33.6. The maximum Gasteiger partial charge on any atom is 0.318 e. The third-order valence-electron chi connectivity index (χ3n) is 6.61. The lowest BCUT2D eigenvalue weighted by atomic mass is 10.1. The minimum atomic E-state index is -4.05. The number of pyridine rings is 2. The fraction of sp³-hybridized carbons (Fsp3) is 0.214. The van der Waals surface area contributed by atoms with Gasteiger partial charge in [-0.25, -0.2) is 18.4 Å². The van der Waals surface area contributed by atoms with Gasteiger partial charge in [0.05, 0.1) is 22.8 Å². The molecule has 3 heterocycles. The van der Waals surface area contributed by atoms with Gasteiger partial charge in [0.2, 0.25) is 10.0 Å². The van der Waals surface area contributed by atoms with E-state index >= 15 is 0 Å². The van der Waals surface area contributed by atoms with Crippen LogP contribution in [0.25, 0.3) is 10.8 Å². The number of ether oxygens (including phenoxy) is 1. The monoisotopic (exact) mass is 561 g/mol. The fourth-order valence-electron chi connectivity index (χ4n) is 4.68. The van der Waals surface area contributed by atoms with Crippen molar-refractivity contribution in [2.24, 2.45) is 0 Å². The molecule has 5 rings (SSSR count). The molecule has 0 unspecified atom stereocenters. The predicted molar refractivity (Wildman–Crippen MR) is 150 cm³/mol. The maximum atomic E-state index is 13.4. The zero-order valence-electron chi connectivity index (χ0n) is 21.9. The number of hydrogen-bond donors (Lipinski definition) is 2.